The summed E-state index contributed by atoms with van der Waals surface area (Å²) < 4.78 is 0. The number of hydrogen-bond donors (Lipinski definition) is 3. The second-order valence-corrected chi connectivity index (χ2v) is 4.75. The third-order valence-corrected chi connectivity index (χ3v) is 3.14. The summed E-state index contributed by atoms with van der Waals surface area (Å²) in [7, 11) is 0. The largest absolute Gasteiger partial charge is 0.330 e. The van der Waals surface area contributed by atoms with E-state index in [1.165, 1.54) is 5.56 Å². The molecule has 4 nitrogen and oxygen atoms in total. The average Bonchev–Trinajstić information content (AvgIpc) is 2.72. The zero-order valence-electron chi connectivity index (χ0n) is 10.8. The van der Waals surface area contributed by atoms with Crippen LogP contribution in [0.5, 0.6) is 0 Å². The first-order chi connectivity index (χ1) is 8.63. The lowest BCUT2D eigenvalue weighted by Gasteiger charge is -2.07. The molecule has 4 heteroatoms. The maximum absolute atomic E-state index is 11.6. The predicted octanol–water partition coefficient (Wildman–Crippen LogP) is 1.99. The van der Waals surface area contributed by atoms with Crippen LogP contribution in [0, 0.1) is 0 Å². The van der Waals surface area contributed by atoms with Gasteiger partial charge in [-0.25, -0.2) is 0 Å². The van der Waals surface area contributed by atoms with Crippen LogP contribution in [0.25, 0.3) is 11.3 Å². The second kappa shape index (κ2) is 5.23. The molecule has 0 aliphatic carbocycles. The highest BCUT2D eigenvalue weighted by molar-refractivity contribution is 5.63. The van der Waals surface area contributed by atoms with Crippen molar-refractivity contribution in [3.8, 4) is 11.3 Å². The van der Waals surface area contributed by atoms with Gasteiger partial charge < -0.3 is 5.73 Å². The van der Waals surface area contributed by atoms with E-state index in [9.17, 15) is 4.79 Å². The van der Waals surface area contributed by atoms with Crippen molar-refractivity contribution < 1.29 is 0 Å². The van der Waals surface area contributed by atoms with Crippen LogP contribution >= 0.6 is 0 Å². The average molecular weight is 245 g/mol. The number of aromatic nitrogens is 2. The molecule has 1 heterocycles. The van der Waals surface area contributed by atoms with Crippen molar-refractivity contribution in [2.24, 2.45) is 5.73 Å². The first-order valence-electron chi connectivity index (χ1n) is 6.23. The van der Waals surface area contributed by atoms with Gasteiger partial charge in [0, 0.05) is 5.56 Å². The Balaban J connectivity index is 2.39. The lowest BCUT2D eigenvalue weighted by Crippen LogP contribution is -2.12. The highest BCUT2D eigenvalue weighted by Gasteiger charge is 2.11. The van der Waals surface area contributed by atoms with Crippen molar-refractivity contribution in [3.63, 3.8) is 0 Å². The lowest BCUT2D eigenvalue weighted by atomic mass is 9.99. The predicted molar refractivity (Wildman–Crippen MR) is 73.7 cm³/mol. The number of benzene rings is 1. The smallest absolute Gasteiger partial charge is 0.267 e. The van der Waals surface area contributed by atoms with Crippen LogP contribution in [-0.4, -0.2) is 16.7 Å². The number of rotatable bonds is 4. The van der Waals surface area contributed by atoms with Crippen LogP contribution in [0.4, 0.5) is 0 Å². The Morgan fingerprint density at radius 3 is 2.39 bits per heavy atom. The monoisotopic (exact) mass is 245 g/mol. The van der Waals surface area contributed by atoms with Gasteiger partial charge in [-0.05, 0) is 30.0 Å². The Labute approximate surface area is 106 Å². The van der Waals surface area contributed by atoms with Gasteiger partial charge >= 0.3 is 0 Å². The van der Waals surface area contributed by atoms with Gasteiger partial charge in [0.1, 0.15) is 0 Å². The Hall–Kier alpha value is -1.81. The van der Waals surface area contributed by atoms with Crippen molar-refractivity contribution in [2.75, 3.05) is 6.54 Å². The minimum absolute atomic E-state index is 0.0802. The Kier molecular flexibility index (Phi) is 3.67. The maximum Gasteiger partial charge on any atom is 0.267 e. The molecule has 1 aromatic heterocycles. The Bertz CT molecular complexity index is 563. The van der Waals surface area contributed by atoms with Crippen LogP contribution < -0.4 is 11.3 Å². The SMILES string of the molecule is CC(C)c1ccc(-c2[nH][nH]c(=O)c2CCN)cc1. The molecule has 0 amide bonds. The zero-order chi connectivity index (χ0) is 13.1. The number of nitrogens with one attached hydrogen (secondary N) is 2. The first kappa shape index (κ1) is 12.6. The molecule has 0 saturated carbocycles. The molecular weight excluding hydrogens is 226 g/mol. The summed E-state index contributed by atoms with van der Waals surface area (Å²) in [5, 5.41) is 5.55. The first-order valence-corrected chi connectivity index (χ1v) is 6.23. The van der Waals surface area contributed by atoms with Crippen molar-refractivity contribution in [2.45, 2.75) is 26.2 Å². The third kappa shape index (κ3) is 2.38. The van der Waals surface area contributed by atoms with Crippen LogP contribution in [0.3, 0.4) is 0 Å². The molecule has 0 atom stereocenters. The fraction of sp³-hybridized carbons (Fsp3) is 0.357. The van der Waals surface area contributed by atoms with E-state index >= 15 is 0 Å². The molecule has 96 valence electrons. The van der Waals surface area contributed by atoms with Crippen LogP contribution in [-0.2, 0) is 6.42 Å². The molecule has 1 aromatic carbocycles. The summed E-state index contributed by atoms with van der Waals surface area (Å²) in [5.74, 6) is 0.507. The Morgan fingerprint density at radius 2 is 1.83 bits per heavy atom. The Morgan fingerprint density at radius 1 is 1.17 bits per heavy atom. The molecule has 2 rings (SSSR count). The van der Waals surface area contributed by atoms with Crippen LogP contribution in [0.1, 0.15) is 30.9 Å². The van der Waals surface area contributed by atoms with Crippen molar-refractivity contribution in [1.82, 2.24) is 10.2 Å². The number of aromatic amines is 2. The van der Waals surface area contributed by atoms with E-state index in [1.807, 2.05) is 12.1 Å². The molecule has 0 aliphatic rings. The fourth-order valence-electron chi connectivity index (χ4n) is 2.05. The van der Waals surface area contributed by atoms with E-state index in [0.29, 0.717) is 18.9 Å². The minimum Gasteiger partial charge on any atom is -0.330 e. The van der Waals surface area contributed by atoms with Gasteiger partial charge in [0.05, 0.1) is 5.69 Å². The van der Waals surface area contributed by atoms with Crippen LogP contribution in [0.15, 0.2) is 29.1 Å². The summed E-state index contributed by atoms with van der Waals surface area (Å²) >= 11 is 0. The second-order valence-electron chi connectivity index (χ2n) is 4.75. The summed E-state index contributed by atoms with van der Waals surface area (Å²) in [6.07, 6.45) is 0.583. The molecule has 0 spiro atoms. The molecule has 4 N–H and O–H groups in total. The van der Waals surface area contributed by atoms with Gasteiger partial charge in [-0.2, -0.15) is 0 Å². The molecule has 0 unspecified atom stereocenters. The van der Waals surface area contributed by atoms with Crippen molar-refractivity contribution in [1.29, 1.82) is 0 Å². The summed E-state index contributed by atoms with van der Waals surface area (Å²) in [6.45, 7) is 4.79. The fourth-order valence-corrected chi connectivity index (χ4v) is 2.05. The molecule has 0 saturated heterocycles. The topological polar surface area (TPSA) is 74.7 Å². The van der Waals surface area contributed by atoms with E-state index in [0.717, 1.165) is 16.8 Å². The van der Waals surface area contributed by atoms with Gasteiger partial charge in [0.2, 0.25) is 0 Å². The van der Waals surface area contributed by atoms with Crippen LogP contribution in [0.2, 0.25) is 0 Å². The lowest BCUT2D eigenvalue weighted by molar-refractivity contribution is 0.867. The van der Waals surface area contributed by atoms with E-state index in [1.54, 1.807) is 0 Å². The number of H-pyrrole nitrogens is 2. The third-order valence-electron chi connectivity index (χ3n) is 3.14. The van der Waals surface area contributed by atoms with E-state index < -0.39 is 0 Å². The van der Waals surface area contributed by atoms with Gasteiger partial charge in [0.15, 0.2) is 0 Å². The van der Waals surface area contributed by atoms with Gasteiger partial charge in [0.25, 0.3) is 5.56 Å². The summed E-state index contributed by atoms with van der Waals surface area (Å²) in [4.78, 5) is 11.6. The van der Waals surface area contributed by atoms with Gasteiger partial charge in [-0.1, -0.05) is 38.1 Å². The maximum atomic E-state index is 11.6. The van der Waals surface area contributed by atoms with E-state index in [4.69, 9.17) is 5.73 Å². The normalized spacial score (nSPS) is 11.1. The molecule has 0 radical (unpaired) electrons. The van der Waals surface area contributed by atoms with Gasteiger partial charge in [-0.3, -0.25) is 15.0 Å². The minimum atomic E-state index is -0.0802. The quantitative estimate of drug-likeness (QED) is 0.770. The van der Waals surface area contributed by atoms with Crippen molar-refractivity contribution >= 4 is 0 Å². The molecular formula is C14H19N3O. The van der Waals surface area contributed by atoms with Gasteiger partial charge in [-0.15, -0.1) is 0 Å². The number of hydrogen-bond acceptors (Lipinski definition) is 2. The van der Waals surface area contributed by atoms with Crippen molar-refractivity contribution in [3.05, 3.63) is 45.7 Å². The highest BCUT2D eigenvalue weighted by Crippen LogP contribution is 2.22. The summed E-state index contributed by atoms with van der Waals surface area (Å²) in [5.41, 5.74) is 9.34. The molecule has 0 aliphatic heterocycles. The highest BCUT2D eigenvalue weighted by atomic mass is 16.1. The van der Waals surface area contributed by atoms with E-state index in [2.05, 4.69) is 36.2 Å². The molecule has 0 fully saturated rings. The zero-order valence-corrected chi connectivity index (χ0v) is 10.8. The molecule has 0 bridgehead atoms. The standard InChI is InChI=1S/C14H19N3O/c1-9(2)10-3-5-11(6-4-10)13-12(7-8-15)14(18)17-16-13/h3-6,9H,7-8,15H2,1-2H3,(H2,16,17,18). The summed E-state index contributed by atoms with van der Waals surface area (Å²) in [6, 6.07) is 8.26. The molecule has 2 aromatic rings. The molecule has 18 heavy (non-hydrogen) atoms. The number of nitrogens with two attached hydrogens (primary N) is 1. The van der Waals surface area contributed by atoms with E-state index in [-0.39, 0.29) is 5.56 Å².